The van der Waals surface area contributed by atoms with Crippen LogP contribution in [0.4, 0.5) is 0 Å². The molecule has 0 atom stereocenters. The van der Waals surface area contributed by atoms with Crippen molar-refractivity contribution in [2.24, 2.45) is 0 Å². The zero-order valence-corrected chi connectivity index (χ0v) is 10.5. The largest absolute Gasteiger partial charge is 0.504 e. The molecule has 0 bridgehead atoms. The Labute approximate surface area is 106 Å². The Balaban J connectivity index is 2.23. The van der Waals surface area contributed by atoms with Crippen LogP contribution in [0.25, 0.3) is 11.1 Å². The average Bonchev–Trinajstić information content (AvgIpc) is 2.85. The molecule has 0 radical (unpaired) electrons. The van der Waals surface area contributed by atoms with E-state index in [1.807, 2.05) is 16.9 Å². The van der Waals surface area contributed by atoms with Gasteiger partial charge < -0.3 is 14.6 Å². The molecule has 0 aliphatic heterocycles. The standard InChI is InChI=1S/C13H16N2O3/c1-17-6-5-15-9-11(8-14-15)10-3-4-12(16)13(7-10)18-2/h3-4,7-9,16H,5-6H2,1-2H3. The summed E-state index contributed by atoms with van der Waals surface area (Å²) in [7, 11) is 3.19. The number of methoxy groups -OCH3 is 2. The number of nitrogens with zero attached hydrogens (tertiary/aromatic N) is 2. The Hall–Kier alpha value is -2.01. The lowest BCUT2D eigenvalue weighted by atomic mass is 10.1. The topological polar surface area (TPSA) is 56.5 Å². The van der Waals surface area contributed by atoms with Gasteiger partial charge in [0.1, 0.15) is 0 Å². The van der Waals surface area contributed by atoms with Crippen LogP contribution in [0.15, 0.2) is 30.6 Å². The van der Waals surface area contributed by atoms with Crippen LogP contribution in [-0.2, 0) is 11.3 Å². The molecule has 0 saturated carbocycles. The minimum Gasteiger partial charge on any atom is -0.504 e. The third-order valence-corrected chi connectivity index (χ3v) is 2.67. The SMILES string of the molecule is COCCn1cc(-c2ccc(O)c(OC)c2)cn1. The summed E-state index contributed by atoms with van der Waals surface area (Å²) in [6.45, 7) is 1.34. The summed E-state index contributed by atoms with van der Waals surface area (Å²) >= 11 is 0. The van der Waals surface area contributed by atoms with Crippen molar-refractivity contribution >= 4 is 0 Å². The summed E-state index contributed by atoms with van der Waals surface area (Å²) in [5.41, 5.74) is 1.93. The Morgan fingerprint density at radius 3 is 2.83 bits per heavy atom. The van der Waals surface area contributed by atoms with Crippen LogP contribution in [0.3, 0.4) is 0 Å². The number of phenolic OH excluding ortho intramolecular Hbond substituents is 1. The summed E-state index contributed by atoms with van der Waals surface area (Å²) in [6, 6.07) is 5.23. The zero-order chi connectivity index (χ0) is 13.0. The Morgan fingerprint density at radius 1 is 1.28 bits per heavy atom. The van der Waals surface area contributed by atoms with Crippen molar-refractivity contribution in [2.45, 2.75) is 6.54 Å². The second-order valence-electron chi connectivity index (χ2n) is 3.87. The molecule has 5 nitrogen and oxygen atoms in total. The second kappa shape index (κ2) is 5.55. The van der Waals surface area contributed by atoms with Gasteiger partial charge in [-0.15, -0.1) is 0 Å². The van der Waals surface area contributed by atoms with Gasteiger partial charge in [0, 0.05) is 18.9 Å². The molecule has 1 N–H and O–H groups in total. The quantitative estimate of drug-likeness (QED) is 0.878. The average molecular weight is 248 g/mol. The first kappa shape index (κ1) is 12.4. The van der Waals surface area contributed by atoms with Crippen LogP contribution in [0, 0.1) is 0 Å². The number of hydrogen-bond donors (Lipinski definition) is 1. The molecule has 96 valence electrons. The van der Waals surface area contributed by atoms with Gasteiger partial charge in [0.05, 0.1) is 26.5 Å². The number of benzene rings is 1. The van der Waals surface area contributed by atoms with Crippen molar-refractivity contribution in [3.63, 3.8) is 0 Å². The first-order chi connectivity index (χ1) is 8.74. The predicted molar refractivity (Wildman–Crippen MR) is 67.8 cm³/mol. The van der Waals surface area contributed by atoms with Crippen molar-refractivity contribution in [1.29, 1.82) is 0 Å². The molecule has 1 aromatic carbocycles. The molecule has 0 fully saturated rings. The number of hydrogen-bond acceptors (Lipinski definition) is 4. The van der Waals surface area contributed by atoms with Gasteiger partial charge in [-0.05, 0) is 17.7 Å². The van der Waals surface area contributed by atoms with Crippen molar-refractivity contribution < 1.29 is 14.6 Å². The summed E-state index contributed by atoms with van der Waals surface area (Å²) in [5, 5.41) is 13.8. The molecule has 2 rings (SSSR count). The minimum absolute atomic E-state index is 0.132. The van der Waals surface area contributed by atoms with Crippen molar-refractivity contribution in [3.8, 4) is 22.6 Å². The minimum atomic E-state index is 0.132. The highest BCUT2D eigenvalue weighted by Gasteiger charge is 2.06. The van der Waals surface area contributed by atoms with E-state index in [4.69, 9.17) is 9.47 Å². The summed E-state index contributed by atoms with van der Waals surface area (Å²) in [6.07, 6.45) is 3.71. The lowest BCUT2D eigenvalue weighted by Gasteiger charge is -2.05. The molecule has 0 aliphatic carbocycles. The number of rotatable bonds is 5. The van der Waals surface area contributed by atoms with E-state index in [9.17, 15) is 5.11 Å². The maximum Gasteiger partial charge on any atom is 0.161 e. The van der Waals surface area contributed by atoms with E-state index in [0.717, 1.165) is 11.1 Å². The number of aromatic hydroxyl groups is 1. The van der Waals surface area contributed by atoms with Crippen LogP contribution in [0.5, 0.6) is 11.5 Å². The van der Waals surface area contributed by atoms with Gasteiger partial charge in [-0.3, -0.25) is 4.68 Å². The van der Waals surface area contributed by atoms with E-state index in [1.165, 1.54) is 7.11 Å². The molecule has 1 aromatic heterocycles. The van der Waals surface area contributed by atoms with Gasteiger partial charge in [0.15, 0.2) is 11.5 Å². The van der Waals surface area contributed by atoms with Crippen molar-refractivity contribution in [3.05, 3.63) is 30.6 Å². The highest BCUT2D eigenvalue weighted by molar-refractivity contribution is 5.65. The predicted octanol–water partition coefficient (Wildman–Crippen LogP) is 1.91. The lowest BCUT2D eigenvalue weighted by molar-refractivity contribution is 0.183. The fourth-order valence-electron chi connectivity index (χ4n) is 1.68. The zero-order valence-electron chi connectivity index (χ0n) is 10.5. The molecular formula is C13H16N2O3. The van der Waals surface area contributed by atoms with Crippen LogP contribution in [0.2, 0.25) is 0 Å². The highest BCUT2D eigenvalue weighted by Crippen LogP contribution is 2.31. The van der Waals surface area contributed by atoms with Crippen LogP contribution < -0.4 is 4.74 Å². The molecule has 0 saturated heterocycles. The van der Waals surface area contributed by atoms with E-state index in [-0.39, 0.29) is 5.75 Å². The van der Waals surface area contributed by atoms with E-state index in [2.05, 4.69) is 5.10 Å². The molecule has 5 heteroatoms. The Morgan fingerprint density at radius 2 is 2.11 bits per heavy atom. The Bertz CT molecular complexity index is 523. The van der Waals surface area contributed by atoms with Crippen LogP contribution in [-0.4, -0.2) is 35.7 Å². The molecule has 1 heterocycles. The van der Waals surface area contributed by atoms with Crippen LogP contribution >= 0.6 is 0 Å². The molecule has 18 heavy (non-hydrogen) atoms. The molecule has 0 unspecified atom stereocenters. The van der Waals surface area contributed by atoms with Crippen molar-refractivity contribution in [2.75, 3.05) is 20.8 Å². The molecule has 2 aromatic rings. The molecule has 0 amide bonds. The summed E-state index contributed by atoms with van der Waals surface area (Å²) < 4.78 is 11.9. The Kier molecular flexibility index (Phi) is 3.84. The monoisotopic (exact) mass is 248 g/mol. The second-order valence-corrected chi connectivity index (χ2v) is 3.87. The van der Waals surface area contributed by atoms with E-state index in [0.29, 0.717) is 18.9 Å². The van der Waals surface area contributed by atoms with Gasteiger partial charge in [-0.25, -0.2) is 0 Å². The smallest absolute Gasteiger partial charge is 0.161 e. The third-order valence-electron chi connectivity index (χ3n) is 2.67. The van der Waals surface area contributed by atoms with E-state index < -0.39 is 0 Å². The van der Waals surface area contributed by atoms with E-state index >= 15 is 0 Å². The summed E-state index contributed by atoms with van der Waals surface area (Å²) in [4.78, 5) is 0. The van der Waals surface area contributed by atoms with Gasteiger partial charge in [0.25, 0.3) is 0 Å². The fraction of sp³-hybridized carbons (Fsp3) is 0.308. The molecule has 0 aliphatic rings. The number of aromatic nitrogens is 2. The third kappa shape index (κ3) is 2.62. The lowest BCUT2D eigenvalue weighted by Crippen LogP contribution is -2.03. The maximum atomic E-state index is 9.54. The fourth-order valence-corrected chi connectivity index (χ4v) is 1.68. The normalized spacial score (nSPS) is 10.6. The maximum absolute atomic E-state index is 9.54. The van der Waals surface area contributed by atoms with Crippen LogP contribution in [0.1, 0.15) is 0 Å². The van der Waals surface area contributed by atoms with Gasteiger partial charge >= 0.3 is 0 Å². The first-order valence-corrected chi connectivity index (χ1v) is 5.63. The highest BCUT2D eigenvalue weighted by atomic mass is 16.5. The van der Waals surface area contributed by atoms with Gasteiger partial charge in [-0.1, -0.05) is 6.07 Å². The van der Waals surface area contributed by atoms with Crippen molar-refractivity contribution in [1.82, 2.24) is 9.78 Å². The number of phenols is 1. The molecule has 0 spiro atoms. The van der Waals surface area contributed by atoms with E-state index in [1.54, 1.807) is 25.4 Å². The molecular weight excluding hydrogens is 232 g/mol. The number of ether oxygens (including phenoxy) is 2. The summed E-state index contributed by atoms with van der Waals surface area (Å²) in [5.74, 6) is 0.588. The first-order valence-electron chi connectivity index (χ1n) is 5.63. The van der Waals surface area contributed by atoms with Gasteiger partial charge in [0.2, 0.25) is 0 Å². The van der Waals surface area contributed by atoms with Gasteiger partial charge in [-0.2, -0.15) is 5.10 Å².